The van der Waals surface area contributed by atoms with E-state index < -0.39 is 29.9 Å². The molecule has 0 radical (unpaired) electrons. The number of unbranched alkanes of at least 4 members (excludes halogenated alkanes) is 6. The normalized spacial score (nSPS) is 14.1. The van der Waals surface area contributed by atoms with Crippen molar-refractivity contribution in [2.45, 2.75) is 230 Å². The van der Waals surface area contributed by atoms with Crippen molar-refractivity contribution >= 4 is 80.9 Å². The molecule has 13 aromatic rings. The molecule has 31 nitrogen and oxygen atoms in total. The summed E-state index contributed by atoms with van der Waals surface area (Å²) in [4.78, 5) is 137. The zero-order valence-electron chi connectivity index (χ0n) is 85.2. The molecule has 0 saturated heterocycles. The summed E-state index contributed by atoms with van der Waals surface area (Å²) in [5, 5.41) is 62.7. The lowest BCUT2D eigenvalue weighted by molar-refractivity contribution is -0.118. The number of nitrogens with one attached hydrogen (secondary N) is 4. The van der Waals surface area contributed by atoms with E-state index in [2.05, 4.69) is 72.7 Å². The van der Waals surface area contributed by atoms with Gasteiger partial charge in [0.15, 0.2) is 35.4 Å². The first-order valence-electron chi connectivity index (χ1n) is 50.9. The summed E-state index contributed by atoms with van der Waals surface area (Å²) < 4.78 is 16.3. The summed E-state index contributed by atoms with van der Waals surface area (Å²) >= 11 is 0. The Bertz CT molecular complexity index is 6750. The number of Topliss-reactive ketones (excluding diaryl/α,β-unsaturated/α-hetero) is 1. The van der Waals surface area contributed by atoms with Crippen LogP contribution in [0, 0.1) is 47.5 Å². The van der Waals surface area contributed by atoms with E-state index in [9.17, 15) is 58.5 Å². The van der Waals surface area contributed by atoms with Crippen LogP contribution >= 0.6 is 0 Å². The quantitative estimate of drug-likeness (QED) is 0.0176. The van der Waals surface area contributed by atoms with Crippen LogP contribution in [0.25, 0.3) is 27.8 Å². The number of anilines is 3. The summed E-state index contributed by atoms with van der Waals surface area (Å²) in [6.45, 7) is 26.2. The molecule has 0 saturated carbocycles. The van der Waals surface area contributed by atoms with E-state index in [-0.39, 0.29) is 96.2 Å². The maximum absolute atomic E-state index is 14.6. The smallest absolute Gasteiger partial charge is 0.293 e. The first-order valence-corrected chi connectivity index (χ1v) is 50.9. The lowest BCUT2D eigenvalue weighted by Gasteiger charge is -2.36. The van der Waals surface area contributed by atoms with Crippen LogP contribution < -0.4 is 20.7 Å². The Labute approximate surface area is 847 Å². The van der Waals surface area contributed by atoms with Crippen molar-refractivity contribution in [2.24, 2.45) is 5.92 Å². The summed E-state index contributed by atoms with van der Waals surface area (Å²) in [7, 11) is 0. The minimum atomic E-state index is -0.489. The SMILES string of the molecule is CCCCC(CCCC)C(=O)c1cc(C)n(-c2ccc(NC(=O)COc3cccc4ccccc34)cc2C(=O)N2Cc3ccccc3C[C@H]2CO)n1.CCCCN(CCCC)C(=O)c1cc(C)n(-c2ccc(NC(=O)c3cc(C)[nH]n3)cc2C(=O)N2Cc3ccccc3C[C@H]2CO)n1.CCCCN(CCCC)C(=O)c1cc(C)n(-c2ccc(NC(=O)c3oc(C)nc3C)cc2C(=O)N2Cc3ccccc3C[C@H]2CO)n1. The molecule has 0 aliphatic carbocycles. The van der Waals surface area contributed by atoms with Crippen molar-refractivity contribution in [1.29, 1.82) is 0 Å². The number of amides is 8. The summed E-state index contributed by atoms with van der Waals surface area (Å²) in [5.41, 5.74) is 14.3. The molecule has 145 heavy (non-hydrogen) atoms. The number of aromatic nitrogens is 9. The fraction of sp³-hybridized carbons (Fsp3) is 0.386. The molecule has 8 aromatic carbocycles. The topological polar surface area (TPSA) is 384 Å². The number of aryl methyl sites for hydroxylation is 6. The van der Waals surface area contributed by atoms with Gasteiger partial charge in [-0.2, -0.15) is 20.4 Å². The zero-order chi connectivity index (χ0) is 103. The average Bonchev–Trinajstić information content (AvgIpc) is 1.75. The minimum absolute atomic E-state index is 0.0275. The highest BCUT2D eigenvalue weighted by molar-refractivity contribution is 6.07. The Balaban J connectivity index is 0.000000173. The van der Waals surface area contributed by atoms with Crippen LogP contribution in [0.1, 0.15) is 283 Å². The molecule has 5 aromatic heterocycles. The summed E-state index contributed by atoms with van der Waals surface area (Å²) in [6, 6.07) is 58.1. The highest BCUT2D eigenvalue weighted by Crippen LogP contribution is 2.37. The van der Waals surface area contributed by atoms with Crippen LogP contribution in [0.4, 0.5) is 17.1 Å². The number of aliphatic hydroxyl groups excluding tert-OH is 3. The van der Waals surface area contributed by atoms with Crippen molar-refractivity contribution in [3.8, 4) is 22.8 Å². The maximum atomic E-state index is 14.6. The van der Waals surface area contributed by atoms with Gasteiger partial charge < -0.3 is 64.9 Å². The molecule has 31 heteroatoms. The Morgan fingerprint density at radius 3 is 1.20 bits per heavy atom. The number of fused-ring (bicyclic) bond motifs is 4. The van der Waals surface area contributed by atoms with Gasteiger partial charge >= 0.3 is 0 Å². The van der Waals surface area contributed by atoms with E-state index in [1.807, 2.05) is 153 Å². The molecule has 16 rings (SSSR count). The van der Waals surface area contributed by atoms with Gasteiger partial charge in [0.2, 0.25) is 5.76 Å². The number of carbonyl (C=O) groups is 9. The van der Waals surface area contributed by atoms with Gasteiger partial charge in [0, 0.05) is 104 Å². The van der Waals surface area contributed by atoms with Gasteiger partial charge in [-0.15, -0.1) is 0 Å². The number of nitrogens with zero attached hydrogens (tertiary/aromatic N) is 13. The second kappa shape index (κ2) is 49.9. The predicted molar refractivity (Wildman–Crippen MR) is 559 cm³/mol. The number of hydrogen-bond donors (Lipinski definition) is 7. The minimum Gasteiger partial charge on any atom is -0.483 e. The van der Waals surface area contributed by atoms with E-state index in [0.717, 1.165) is 140 Å². The number of benzene rings is 8. The average molecular weight is 1970 g/mol. The first kappa shape index (κ1) is 106. The number of oxazole rings is 1. The monoisotopic (exact) mass is 1970 g/mol. The van der Waals surface area contributed by atoms with Crippen LogP contribution in [0.5, 0.6) is 5.75 Å². The van der Waals surface area contributed by atoms with Gasteiger partial charge in [-0.3, -0.25) is 48.2 Å². The first-order chi connectivity index (χ1) is 70.2. The van der Waals surface area contributed by atoms with E-state index in [0.29, 0.717) is 156 Å². The van der Waals surface area contributed by atoms with Crippen LogP contribution in [0.15, 0.2) is 199 Å². The zero-order valence-corrected chi connectivity index (χ0v) is 85.2. The summed E-state index contributed by atoms with van der Waals surface area (Å²) in [6.07, 6.45) is 14.7. The molecule has 7 N–H and O–H groups in total. The molecular weight excluding hydrogens is 1830 g/mol. The highest BCUT2D eigenvalue weighted by atomic mass is 16.5. The van der Waals surface area contributed by atoms with Gasteiger partial charge in [-0.05, 0) is 216 Å². The molecule has 8 amide bonds. The van der Waals surface area contributed by atoms with E-state index in [1.54, 1.807) is 121 Å². The fourth-order valence-electron chi connectivity index (χ4n) is 19.0. The maximum Gasteiger partial charge on any atom is 0.293 e. The number of hydrogen-bond acceptors (Lipinski definition) is 19. The predicted octanol–water partition coefficient (Wildman–Crippen LogP) is 18.8. The number of rotatable bonds is 39. The Hall–Kier alpha value is -14.8. The number of aliphatic hydroxyl groups is 3. The molecule has 0 unspecified atom stereocenters. The molecule has 8 heterocycles. The Morgan fingerprint density at radius 1 is 0.428 bits per heavy atom. The van der Waals surface area contributed by atoms with E-state index >= 15 is 0 Å². The lowest BCUT2D eigenvalue weighted by Crippen LogP contribution is -2.46. The van der Waals surface area contributed by atoms with Crippen molar-refractivity contribution in [2.75, 3.05) is 68.6 Å². The number of aromatic amines is 1. The van der Waals surface area contributed by atoms with Crippen LogP contribution in [0.2, 0.25) is 0 Å². The standard InChI is InChI=1S/C43H48N4O5.C36H44N6O5.C35H43N7O4/c1-4-6-13-31(14-7-5-2)42(50)38-23-29(3)47(45-38)39-22-21-34(44-41(49)28-52-40-20-12-18-30-15-10-11-19-36(30)40)25-37(39)43(51)46-26-33-17-9-8-16-32(33)24-35(46)27-48;1-6-8-16-40(17-9-7-2)36(46)31-18-23(3)42(39-31)32-15-14-28(38-34(44)33-24(4)37-25(5)47-33)20-30(32)35(45)41-21-27-13-11-10-12-26(27)19-29(41)22-43;1-5-7-15-40(16-8-6-2)35(46)31-18-24(4)42(39-31)32-14-13-27(36-33(44)30-17-23(3)37-38-30)20-29(32)34(45)41-21-26-12-10-9-11-25(26)19-28(41)22-43/h8-12,15-23,25,31,35,48H,4-7,13-14,24,26-28H2,1-3H3,(H,44,49);10-15,18,20,29,43H,6-9,16-17,19,21-22H2,1-5H3,(H,38,44);9-14,17-18,20,28,43H,5-8,15-16,19,21-22H2,1-4H3,(H,36,44)(H,37,38)/t35-;29-;28-/m000/s1. The Morgan fingerprint density at radius 2 is 0.807 bits per heavy atom. The molecule has 0 fully saturated rings. The second-order valence-electron chi connectivity index (χ2n) is 37.8. The number of ether oxygens (including phenoxy) is 1. The second-order valence-corrected chi connectivity index (χ2v) is 37.8. The van der Waals surface area contributed by atoms with E-state index in [4.69, 9.17) is 24.5 Å². The number of H-pyrrole nitrogens is 1. The molecule has 0 spiro atoms. The van der Waals surface area contributed by atoms with Crippen LogP contribution in [-0.2, 0) is 43.7 Å². The molecule has 3 atom stereocenters. The third kappa shape index (κ3) is 25.5. The van der Waals surface area contributed by atoms with Gasteiger partial charge in [-0.1, -0.05) is 202 Å². The molecule has 3 aliphatic rings. The van der Waals surface area contributed by atoms with Gasteiger partial charge in [0.05, 0.1) is 77.4 Å². The van der Waals surface area contributed by atoms with Crippen LogP contribution in [-0.4, -0.2) is 208 Å². The lowest BCUT2D eigenvalue weighted by atomic mass is 9.90. The Kier molecular flexibility index (Phi) is 36.5. The van der Waals surface area contributed by atoms with Gasteiger partial charge in [-0.25, -0.2) is 19.0 Å². The van der Waals surface area contributed by atoms with Crippen molar-refractivity contribution in [3.63, 3.8) is 0 Å². The molecular formula is C114H135N17O14. The number of ketones is 1. The van der Waals surface area contributed by atoms with Crippen LogP contribution in [0.3, 0.4) is 0 Å². The van der Waals surface area contributed by atoms with E-state index in [1.165, 1.54) is 0 Å². The largest absolute Gasteiger partial charge is 0.483 e. The number of carbonyl (C=O) groups excluding carboxylic acids is 9. The third-order valence-corrected chi connectivity index (χ3v) is 27.0. The fourth-order valence-corrected chi connectivity index (χ4v) is 19.0. The van der Waals surface area contributed by atoms with Crippen molar-refractivity contribution in [3.05, 3.63) is 307 Å². The molecule has 760 valence electrons. The highest BCUT2D eigenvalue weighted by Gasteiger charge is 2.38. The summed E-state index contributed by atoms with van der Waals surface area (Å²) in [5.74, 6) is -1.52. The molecule has 0 bridgehead atoms. The van der Waals surface area contributed by atoms with Gasteiger partial charge in [0.25, 0.3) is 47.3 Å². The molecule has 3 aliphatic heterocycles. The van der Waals surface area contributed by atoms with Gasteiger partial charge in [0.1, 0.15) is 11.4 Å². The van der Waals surface area contributed by atoms with Crippen molar-refractivity contribution < 1.29 is 67.6 Å². The third-order valence-electron chi connectivity index (χ3n) is 27.0. The van der Waals surface area contributed by atoms with Crippen molar-refractivity contribution in [1.82, 2.24) is 69.0 Å².